The molecule has 0 radical (unpaired) electrons. The molecule has 1 atom stereocenters. The average molecular weight is 294 g/mol. The molecule has 0 heterocycles. The Hall–Kier alpha value is -1.75. The quantitative estimate of drug-likeness (QED) is 0.791. The lowest BCUT2D eigenvalue weighted by atomic mass is 9.93. The first-order chi connectivity index (χ1) is 9.73. The molecule has 0 spiro atoms. The average Bonchev–Trinajstić information content (AvgIpc) is 2.37. The van der Waals surface area contributed by atoms with E-state index in [4.69, 9.17) is 15.2 Å². The van der Waals surface area contributed by atoms with E-state index in [9.17, 15) is 4.79 Å². The molecule has 1 aromatic carbocycles. The van der Waals surface area contributed by atoms with Crippen LogP contribution >= 0.6 is 0 Å². The second kappa shape index (κ2) is 7.31. The molecule has 0 aromatic heterocycles. The van der Waals surface area contributed by atoms with Gasteiger partial charge in [0.1, 0.15) is 11.9 Å². The molecule has 0 aliphatic carbocycles. The molecule has 3 N–H and O–H groups in total. The van der Waals surface area contributed by atoms with Gasteiger partial charge in [-0.2, -0.15) is 0 Å². The summed E-state index contributed by atoms with van der Waals surface area (Å²) in [5, 5.41) is 2.78. The fourth-order valence-electron chi connectivity index (χ4n) is 1.68. The van der Waals surface area contributed by atoms with Crippen molar-refractivity contribution in [1.82, 2.24) is 0 Å². The predicted octanol–water partition coefficient (Wildman–Crippen LogP) is 3.06. The summed E-state index contributed by atoms with van der Waals surface area (Å²) in [6.45, 7) is 8.69. The maximum atomic E-state index is 12.1. The van der Waals surface area contributed by atoms with Crippen LogP contribution in [0.15, 0.2) is 18.2 Å². The summed E-state index contributed by atoms with van der Waals surface area (Å²) in [6.07, 6.45) is 0.366. The number of methoxy groups -OCH3 is 1. The highest BCUT2D eigenvalue weighted by atomic mass is 16.5. The van der Waals surface area contributed by atoms with E-state index >= 15 is 0 Å². The van der Waals surface area contributed by atoms with Crippen molar-refractivity contribution in [3.05, 3.63) is 18.2 Å². The Labute approximate surface area is 126 Å². The third-order valence-electron chi connectivity index (χ3n) is 3.07. The zero-order chi connectivity index (χ0) is 16.0. The SMILES string of the molecule is COc1ccc(N)cc1NC(=O)C(C)OCCC(C)(C)C. The zero-order valence-electron chi connectivity index (χ0n) is 13.5. The van der Waals surface area contributed by atoms with Crippen LogP contribution in [-0.2, 0) is 9.53 Å². The number of carbonyl (C=O) groups is 1. The van der Waals surface area contributed by atoms with E-state index in [1.807, 2.05) is 0 Å². The number of ether oxygens (including phenoxy) is 2. The third-order valence-corrected chi connectivity index (χ3v) is 3.07. The van der Waals surface area contributed by atoms with E-state index in [1.165, 1.54) is 0 Å². The lowest BCUT2D eigenvalue weighted by Gasteiger charge is -2.20. The van der Waals surface area contributed by atoms with E-state index in [0.29, 0.717) is 23.7 Å². The summed E-state index contributed by atoms with van der Waals surface area (Å²) in [5.74, 6) is 0.354. The summed E-state index contributed by atoms with van der Waals surface area (Å²) in [7, 11) is 1.55. The molecule has 0 bridgehead atoms. The van der Waals surface area contributed by atoms with Gasteiger partial charge in [-0.25, -0.2) is 0 Å². The highest BCUT2D eigenvalue weighted by molar-refractivity contribution is 5.95. The van der Waals surface area contributed by atoms with Crippen molar-refractivity contribution in [3.8, 4) is 5.75 Å². The number of nitrogens with two attached hydrogens (primary N) is 1. The molecule has 1 aromatic rings. The summed E-state index contributed by atoms with van der Waals surface area (Å²) < 4.78 is 10.8. The maximum absolute atomic E-state index is 12.1. The van der Waals surface area contributed by atoms with Gasteiger partial charge in [0.2, 0.25) is 0 Å². The Morgan fingerprint density at radius 3 is 2.62 bits per heavy atom. The van der Waals surface area contributed by atoms with Crippen LogP contribution in [0.2, 0.25) is 0 Å². The zero-order valence-corrected chi connectivity index (χ0v) is 13.5. The second-order valence-electron chi connectivity index (χ2n) is 6.27. The third kappa shape index (κ3) is 6.04. The highest BCUT2D eigenvalue weighted by Gasteiger charge is 2.17. The fourth-order valence-corrected chi connectivity index (χ4v) is 1.68. The Balaban J connectivity index is 2.58. The Morgan fingerprint density at radius 1 is 1.38 bits per heavy atom. The number of nitrogens with one attached hydrogen (secondary N) is 1. The number of hydrogen-bond acceptors (Lipinski definition) is 4. The van der Waals surface area contributed by atoms with Gasteiger partial charge in [0, 0.05) is 12.3 Å². The normalized spacial score (nSPS) is 12.8. The molecule has 1 unspecified atom stereocenters. The van der Waals surface area contributed by atoms with Crippen LogP contribution in [0.3, 0.4) is 0 Å². The lowest BCUT2D eigenvalue weighted by Crippen LogP contribution is -2.29. The van der Waals surface area contributed by atoms with Gasteiger partial charge < -0.3 is 20.5 Å². The van der Waals surface area contributed by atoms with Crippen molar-refractivity contribution in [2.45, 2.75) is 40.2 Å². The van der Waals surface area contributed by atoms with Crippen LogP contribution in [0.4, 0.5) is 11.4 Å². The lowest BCUT2D eigenvalue weighted by molar-refractivity contribution is -0.126. The minimum Gasteiger partial charge on any atom is -0.495 e. The molecule has 1 rings (SSSR count). The molecule has 5 nitrogen and oxygen atoms in total. The number of hydrogen-bond donors (Lipinski definition) is 2. The maximum Gasteiger partial charge on any atom is 0.253 e. The van der Waals surface area contributed by atoms with E-state index < -0.39 is 6.10 Å². The van der Waals surface area contributed by atoms with E-state index in [0.717, 1.165) is 6.42 Å². The van der Waals surface area contributed by atoms with Crippen molar-refractivity contribution >= 4 is 17.3 Å². The number of nitrogen functional groups attached to an aromatic ring is 1. The van der Waals surface area contributed by atoms with Crippen LogP contribution in [0.5, 0.6) is 5.75 Å². The molecule has 5 heteroatoms. The van der Waals surface area contributed by atoms with Crippen LogP contribution < -0.4 is 15.8 Å². The summed E-state index contributed by atoms with van der Waals surface area (Å²) in [6, 6.07) is 5.10. The first-order valence-electron chi connectivity index (χ1n) is 7.09. The Bertz CT molecular complexity index is 481. The minimum absolute atomic E-state index is 0.188. The molecule has 0 aliphatic heterocycles. The Morgan fingerprint density at radius 2 is 2.05 bits per heavy atom. The van der Waals surface area contributed by atoms with E-state index in [1.54, 1.807) is 32.2 Å². The Kier molecular flexibility index (Phi) is 6.03. The molecule has 21 heavy (non-hydrogen) atoms. The first-order valence-corrected chi connectivity index (χ1v) is 7.09. The summed E-state index contributed by atoms with van der Waals surface area (Å²) in [5.41, 5.74) is 7.02. The van der Waals surface area contributed by atoms with Crippen LogP contribution in [0.1, 0.15) is 34.1 Å². The van der Waals surface area contributed by atoms with Gasteiger partial charge in [0.15, 0.2) is 0 Å². The standard InChI is InChI=1S/C16H26N2O3/c1-11(21-9-8-16(2,3)4)15(19)18-13-10-12(17)6-7-14(13)20-5/h6-7,10-11H,8-9,17H2,1-5H3,(H,18,19). The minimum atomic E-state index is -0.529. The van der Waals surface area contributed by atoms with Crippen molar-refractivity contribution in [1.29, 1.82) is 0 Å². The first kappa shape index (κ1) is 17.3. The number of amides is 1. The van der Waals surface area contributed by atoms with Gasteiger partial charge in [-0.3, -0.25) is 4.79 Å². The molecule has 0 fully saturated rings. The van der Waals surface area contributed by atoms with Crippen LogP contribution in [0, 0.1) is 5.41 Å². The molecule has 0 aliphatic rings. The number of benzene rings is 1. The molecule has 0 saturated carbocycles. The van der Waals surface area contributed by atoms with Crippen molar-refractivity contribution in [2.24, 2.45) is 5.41 Å². The predicted molar refractivity (Wildman–Crippen MR) is 85.5 cm³/mol. The fraction of sp³-hybridized carbons (Fsp3) is 0.562. The second-order valence-corrected chi connectivity index (χ2v) is 6.27. The van der Waals surface area contributed by atoms with Gasteiger partial charge in [0.25, 0.3) is 5.91 Å². The number of carbonyl (C=O) groups excluding carboxylic acids is 1. The van der Waals surface area contributed by atoms with Crippen molar-refractivity contribution in [3.63, 3.8) is 0 Å². The topological polar surface area (TPSA) is 73.6 Å². The monoisotopic (exact) mass is 294 g/mol. The summed E-state index contributed by atoms with van der Waals surface area (Å²) in [4.78, 5) is 12.1. The van der Waals surface area contributed by atoms with Crippen LogP contribution in [0.25, 0.3) is 0 Å². The summed E-state index contributed by atoms with van der Waals surface area (Å²) >= 11 is 0. The number of anilines is 2. The molecular formula is C16H26N2O3. The van der Waals surface area contributed by atoms with Gasteiger partial charge in [-0.1, -0.05) is 20.8 Å². The molecule has 0 saturated heterocycles. The molecular weight excluding hydrogens is 268 g/mol. The number of rotatable bonds is 6. The van der Waals surface area contributed by atoms with Crippen LogP contribution in [-0.4, -0.2) is 25.7 Å². The van der Waals surface area contributed by atoms with Gasteiger partial charge in [-0.05, 0) is 37.0 Å². The van der Waals surface area contributed by atoms with Crippen molar-refractivity contribution < 1.29 is 14.3 Å². The molecule has 118 valence electrons. The molecule has 1 amide bonds. The van der Waals surface area contributed by atoms with Crippen molar-refractivity contribution in [2.75, 3.05) is 24.8 Å². The smallest absolute Gasteiger partial charge is 0.253 e. The van der Waals surface area contributed by atoms with Gasteiger partial charge >= 0.3 is 0 Å². The largest absolute Gasteiger partial charge is 0.495 e. The highest BCUT2D eigenvalue weighted by Crippen LogP contribution is 2.26. The van der Waals surface area contributed by atoms with E-state index in [-0.39, 0.29) is 11.3 Å². The van der Waals surface area contributed by atoms with Gasteiger partial charge in [-0.15, -0.1) is 0 Å². The van der Waals surface area contributed by atoms with Gasteiger partial charge in [0.05, 0.1) is 12.8 Å². The van der Waals surface area contributed by atoms with E-state index in [2.05, 4.69) is 26.1 Å².